The third-order valence-corrected chi connectivity index (χ3v) is 3.53. The van der Waals surface area contributed by atoms with Crippen molar-refractivity contribution in [2.45, 2.75) is 52.2 Å². The molecular formula is C15H23N3O. The fourth-order valence-corrected chi connectivity index (χ4v) is 1.99. The first-order valence-corrected chi connectivity index (χ1v) is 6.85. The van der Waals surface area contributed by atoms with Crippen molar-refractivity contribution in [1.82, 2.24) is 9.88 Å². The van der Waals surface area contributed by atoms with Gasteiger partial charge in [0.15, 0.2) is 0 Å². The highest BCUT2D eigenvalue weighted by atomic mass is 16.2. The first-order valence-electron chi connectivity index (χ1n) is 6.85. The molecule has 0 radical (unpaired) electrons. The Hall–Kier alpha value is -1.42. The number of nitrogens with two attached hydrogens (primary N) is 1. The molecule has 0 aromatic carbocycles. The molecule has 1 aromatic rings. The van der Waals surface area contributed by atoms with Crippen molar-refractivity contribution >= 4 is 5.91 Å². The van der Waals surface area contributed by atoms with Crippen LogP contribution in [0.2, 0.25) is 0 Å². The lowest BCUT2D eigenvalue weighted by molar-refractivity contribution is -0.136. The summed E-state index contributed by atoms with van der Waals surface area (Å²) in [6, 6.07) is 5.67. The molecule has 0 unspecified atom stereocenters. The van der Waals surface area contributed by atoms with Crippen molar-refractivity contribution in [3.05, 3.63) is 30.1 Å². The van der Waals surface area contributed by atoms with E-state index in [9.17, 15) is 4.79 Å². The van der Waals surface area contributed by atoms with Gasteiger partial charge in [-0.05, 0) is 30.4 Å². The number of pyridine rings is 1. The number of hydrogen-bond donors (Lipinski definition) is 1. The number of carbonyl (C=O) groups excluding carboxylic acids is 1. The molecule has 0 bridgehead atoms. The van der Waals surface area contributed by atoms with Crippen molar-refractivity contribution in [1.29, 1.82) is 0 Å². The Bertz CT molecular complexity index is 434. The summed E-state index contributed by atoms with van der Waals surface area (Å²) >= 11 is 0. The van der Waals surface area contributed by atoms with Gasteiger partial charge in [-0.3, -0.25) is 9.78 Å². The van der Waals surface area contributed by atoms with E-state index in [-0.39, 0.29) is 11.3 Å². The number of rotatable bonds is 4. The Labute approximate surface area is 115 Å². The number of aromatic nitrogens is 1. The lowest BCUT2D eigenvalue weighted by Crippen LogP contribution is -2.50. The Morgan fingerprint density at radius 2 is 2.16 bits per heavy atom. The van der Waals surface area contributed by atoms with Crippen LogP contribution in [-0.2, 0) is 11.3 Å². The van der Waals surface area contributed by atoms with Gasteiger partial charge < -0.3 is 10.6 Å². The zero-order valence-corrected chi connectivity index (χ0v) is 12.0. The standard InChI is InChI=1S/C15H23N3O/c1-15(2,3)13(16)14(19)18(12-7-8-12)10-11-6-4-5-9-17-11/h4-6,9,12-13H,7-8,10,16H2,1-3H3/t13-/m1/s1. The maximum absolute atomic E-state index is 12.5. The van der Waals surface area contributed by atoms with Gasteiger partial charge in [-0.15, -0.1) is 0 Å². The summed E-state index contributed by atoms with van der Waals surface area (Å²) in [7, 11) is 0. The number of amides is 1. The molecule has 4 nitrogen and oxygen atoms in total. The smallest absolute Gasteiger partial charge is 0.240 e. The zero-order valence-electron chi connectivity index (χ0n) is 12.0. The van der Waals surface area contributed by atoms with E-state index in [1.54, 1.807) is 6.20 Å². The predicted octanol–water partition coefficient (Wildman–Crippen LogP) is 1.95. The lowest BCUT2D eigenvalue weighted by Gasteiger charge is -2.32. The van der Waals surface area contributed by atoms with Crippen LogP contribution in [0.25, 0.3) is 0 Å². The molecule has 0 aliphatic heterocycles. The SMILES string of the molecule is CC(C)(C)[C@H](N)C(=O)N(Cc1ccccn1)C1CC1. The van der Waals surface area contributed by atoms with Crippen molar-refractivity contribution in [3.63, 3.8) is 0 Å². The van der Waals surface area contributed by atoms with Gasteiger partial charge in [0, 0.05) is 12.2 Å². The maximum Gasteiger partial charge on any atom is 0.240 e. The van der Waals surface area contributed by atoms with Crippen LogP contribution in [0.1, 0.15) is 39.3 Å². The van der Waals surface area contributed by atoms with Crippen LogP contribution in [0.4, 0.5) is 0 Å². The highest BCUT2D eigenvalue weighted by Crippen LogP contribution is 2.30. The minimum absolute atomic E-state index is 0.0423. The monoisotopic (exact) mass is 261 g/mol. The van der Waals surface area contributed by atoms with Crippen LogP contribution in [0.15, 0.2) is 24.4 Å². The van der Waals surface area contributed by atoms with E-state index in [1.807, 2.05) is 43.9 Å². The summed E-state index contributed by atoms with van der Waals surface area (Å²) in [5, 5.41) is 0. The molecule has 1 aromatic heterocycles. The summed E-state index contributed by atoms with van der Waals surface area (Å²) in [6.45, 7) is 6.57. The summed E-state index contributed by atoms with van der Waals surface area (Å²) < 4.78 is 0. The molecule has 1 atom stereocenters. The largest absolute Gasteiger partial charge is 0.332 e. The van der Waals surface area contributed by atoms with Crippen molar-refractivity contribution in [2.24, 2.45) is 11.1 Å². The van der Waals surface area contributed by atoms with Crippen molar-refractivity contribution < 1.29 is 4.79 Å². The Balaban J connectivity index is 2.10. The van der Waals surface area contributed by atoms with E-state index in [4.69, 9.17) is 5.73 Å². The van der Waals surface area contributed by atoms with E-state index in [0.29, 0.717) is 12.6 Å². The van der Waals surface area contributed by atoms with Crippen LogP contribution >= 0.6 is 0 Å². The normalized spacial score (nSPS) is 17.1. The molecule has 0 saturated heterocycles. The van der Waals surface area contributed by atoms with Crippen molar-refractivity contribution in [3.8, 4) is 0 Å². The van der Waals surface area contributed by atoms with Gasteiger partial charge in [0.05, 0.1) is 18.3 Å². The topological polar surface area (TPSA) is 59.2 Å². The molecule has 1 aliphatic carbocycles. The third-order valence-electron chi connectivity index (χ3n) is 3.53. The molecule has 4 heteroatoms. The molecule has 0 spiro atoms. The molecule has 1 fully saturated rings. The zero-order chi connectivity index (χ0) is 14.0. The molecule has 2 rings (SSSR count). The Morgan fingerprint density at radius 3 is 2.63 bits per heavy atom. The second-order valence-corrected chi connectivity index (χ2v) is 6.36. The van der Waals surface area contributed by atoms with E-state index in [1.165, 1.54) is 0 Å². The first-order chi connectivity index (χ1) is 8.89. The number of nitrogens with zero attached hydrogens (tertiary/aromatic N) is 2. The fraction of sp³-hybridized carbons (Fsp3) is 0.600. The minimum atomic E-state index is -0.461. The molecule has 104 valence electrons. The van der Waals surface area contributed by atoms with Crippen LogP contribution < -0.4 is 5.73 Å². The molecule has 1 aliphatic rings. The number of hydrogen-bond acceptors (Lipinski definition) is 3. The van der Waals surface area contributed by atoms with E-state index >= 15 is 0 Å². The van der Waals surface area contributed by atoms with Gasteiger partial charge in [0.2, 0.25) is 5.91 Å². The van der Waals surface area contributed by atoms with Crippen molar-refractivity contribution in [2.75, 3.05) is 0 Å². The predicted molar refractivity (Wildman–Crippen MR) is 75.2 cm³/mol. The Morgan fingerprint density at radius 1 is 1.47 bits per heavy atom. The highest BCUT2D eigenvalue weighted by molar-refractivity contribution is 5.83. The van der Waals surface area contributed by atoms with Gasteiger partial charge in [-0.25, -0.2) is 0 Å². The molecular weight excluding hydrogens is 238 g/mol. The first kappa shape index (κ1) is 14.0. The van der Waals surface area contributed by atoms with Gasteiger partial charge in [0.1, 0.15) is 0 Å². The van der Waals surface area contributed by atoms with Crippen LogP contribution in [0, 0.1) is 5.41 Å². The van der Waals surface area contributed by atoms with Crippen LogP contribution in [0.5, 0.6) is 0 Å². The summed E-state index contributed by atoms with van der Waals surface area (Å²) in [4.78, 5) is 18.7. The molecule has 1 saturated carbocycles. The number of carbonyl (C=O) groups is 1. The maximum atomic E-state index is 12.5. The lowest BCUT2D eigenvalue weighted by atomic mass is 9.86. The molecule has 2 N–H and O–H groups in total. The second-order valence-electron chi connectivity index (χ2n) is 6.36. The average molecular weight is 261 g/mol. The molecule has 1 amide bonds. The van der Waals surface area contributed by atoms with E-state index in [2.05, 4.69) is 4.98 Å². The Kier molecular flexibility index (Phi) is 3.90. The summed E-state index contributed by atoms with van der Waals surface area (Å²) in [5.41, 5.74) is 6.81. The van der Waals surface area contributed by atoms with Gasteiger partial charge in [-0.2, -0.15) is 0 Å². The quantitative estimate of drug-likeness (QED) is 0.901. The minimum Gasteiger partial charge on any atom is -0.332 e. The molecule has 1 heterocycles. The highest BCUT2D eigenvalue weighted by Gasteiger charge is 2.38. The third kappa shape index (κ3) is 3.53. The fourth-order valence-electron chi connectivity index (χ4n) is 1.99. The van der Waals surface area contributed by atoms with E-state index in [0.717, 1.165) is 18.5 Å². The van der Waals surface area contributed by atoms with E-state index < -0.39 is 6.04 Å². The van der Waals surface area contributed by atoms with Gasteiger partial charge >= 0.3 is 0 Å². The van der Waals surface area contributed by atoms with Crippen LogP contribution in [0.3, 0.4) is 0 Å². The van der Waals surface area contributed by atoms with Gasteiger partial charge in [0.25, 0.3) is 0 Å². The molecule has 19 heavy (non-hydrogen) atoms. The van der Waals surface area contributed by atoms with Gasteiger partial charge in [-0.1, -0.05) is 26.8 Å². The average Bonchev–Trinajstić information content (AvgIpc) is 3.18. The van der Waals surface area contributed by atoms with Crippen LogP contribution in [-0.4, -0.2) is 27.9 Å². The summed E-state index contributed by atoms with van der Waals surface area (Å²) in [5.74, 6) is 0.0423. The second kappa shape index (κ2) is 5.29. The summed E-state index contributed by atoms with van der Waals surface area (Å²) in [6.07, 6.45) is 3.92.